The molecule has 1 aromatic rings. The van der Waals surface area contributed by atoms with Crippen molar-refractivity contribution in [1.82, 2.24) is 4.90 Å². The van der Waals surface area contributed by atoms with Gasteiger partial charge in [-0.15, -0.1) is 0 Å². The van der Waals surface area contributed by atoms with Crippen LogP contribution in [0.15, 0.2) is 30.3 Å². The van der Waals surface area contributed by atoms with Crippen LogP contribution in [0.3, 0.4) is 0 Å². The van der Waals surface area contributed by atoms with E-state index in [9.17, 15) is 8.42 Å². The van der Waals surface area contributed by atoms with Crippen molar-refractivity contribution in [1.29, 1.82) is 0 Å². The Morgan fingerprint density at radius 3 is 2.68 bits per heavy atom. The Kier molecular flexibility index (Phi) is 4.60. The van der Waals surface area contributed by atoms with Crippen LogP contribution in [0.5, 0.6) is 0 Å². The molecule has 2 rings (SSSR count). The number of hydrogen-bond donors (Lipinski definition) is 0. The summed E-state index contributed by atoms with van der Waals surface area (Å²) in [7, 11) is -3.36. The van der Waals surface area contributed by atoms with E-state index in [-0.39, 0.29) is 6.10 Å². The van der Waals surface area contributed by atoms with Gasteiger partial charge in [0.25, 0.3) is 10.1 Å². The molecule has 4 nitrogen and oxygen atoms in total. The predicted molar refractivity (Wildman–Crippen MR) is 75.2 cm³/mol. The Labute approximate surface area is 115 Å². The molecule has 1 saturated heterocycles. The van der Waals surface area contributed by atoms with Crippen molar-refractivity contribution in [2.24, 2.45) is 5.92 Å². The van der Waals surface area contributed by atoms with Crippen molar-refractivity contribution in [3.63, 3.8) is 0 Å². The fraction of sp³-hybridized carbons (Fsp3) is 0.571. The van der Waals surface area contributed by atoms with Gasteiger partial charge in [0.15, 0.2) is 0 Å². The number of rotatable bonds is 5. The minimum absolute atomic E-state index is 0.240. The normalized spacial score (nSPS) is 22.5. The predicted octanol–water partition coefficient (Wildman–Crippen LogP) is 1.87. The maximum absolute atomic E-state index is 11.1. The Hall–Kier alpha value is -0.910. The molecule has 106 valence electrons. The highest BCUT2D eigenvalue weighted by molar-refractivity contribution is 7.86. The molecule has 2 unspecified atom stereocenters. The zero-order valence-electron chi connectivity index (χ0n) is 11.5. The minimum Gasteiger partial charge on any atom is -0.299 e. The van der Waals surface area contributed by atoms with E-state index in [1.807, 2.05) is 25.1 Å². The number of nitrogens with zero attached hydrogens (tertiary/aromatic N) is 1. The third kappa shape index (κ3) is 4.60. The summed E-state index contributed by atoms with van der Waals surface area (Å²) in [4.78, 5) is 2.35. The summed E-state index contributed by atoms with van der Waals surface area (Å²) < 4.78 is 27.3. The molecule has 0 bridgehead atoms. The first-order valence-corrected chi connectivity index (χ1v) is 8.40. The third-order valence-electron chi connectivity index (χ3n) is 3.55. The fourth-order valence-electron chi connectivity index (χ4n) is 2.59. The molecule has 0 spiro atoms. The first kappa shape index (κ1) is 14.5. The van der Waals surface area contributed by atoms with E-state index in [1.54, 1.807) is 0 Å². The van der Waals surface area contributed by atoms with Crippen molar-refractivity contribution in [3.8, 4) is 0 Å². The van der Waals surface area contributed by atoms with Crippen LogP contribution in [0.4, 0.5) is 0 Å². The molecular formula is C14H21NO3S. The van der Waals surface area contributed by atoms with Crippen LogP contribution in [0, 0.1) is 5.92 Å². The zero-order chi connectivity index (χ0) is 13.9. The van der Waals surface area contributed by atoms with Gasteiger partial charge < -0.3 is 0 Å². The van der Waals surface area contributed by atoms with Crippen LogP contribution >= 0.6 is 0 Å². The summed E-state index contributed by atoms with van der Waals surface area (Å²) >= 11 is 0. The first-order chi connectivity index (χ1) is 8.94. The first-order valence-electron chi connectivity index (χ1n) is 6.58. The topological polar surface area (TPSA) is 46.6 Å². The van der Waals surface area contributed by atoms with Gasteiger partial charge in [0, 0.05) is 19.0 Å². The monoisotopic (exact) mass is 283 g/mol. The Morgan fingerprint density at radius 2 is 2.05 bits per heavy atom. The number of likely N-dealkylation sites (tertiary alicyclic amines) is 1. The van der Waals surface area contributed by atoms with Gasteiger partial charge >= 0.3 is 0 Å². The molecular weight excluding hydrogens is 262 g/mol. The summed E-state index contributed by atoms with van der Waals surface area (Å²) in [5.41, 5.74) is 1.29. The van der Waals surface area contributed by atoms with E-state index in [4.69, 9.17) is 4.18 Å². The molecule has 1 fully saturated rings. The Morgan fingerprint density at radius 1 is 1.37 bits per heavy atom. The highest BCUT2D eigenvalue weighted by atomic mass is 32.2. The van der Waals surface area contributed by atoms with E-state index in [0.29, 0.717) is 5.92 Å². The molecule has 1 aromatic carbocycles. The van der Waals surface area contributed by atoms with Crippen molar-refractivity contribution in [2.75, 3.05) is 19.3 Å². The third-order valence-corrected chi connectivity index (χ3v) is 4.20. The van der Waals surface area contributed by atoms with Gasteiger partial charge in [0.2, 0.25) is 0 Å². The highest BCUT2D eigenvalue weighted by Gasteiger charge is 2.29. The average molecular weight is 283 g/mol. The van der Waals surface area contributed by atoms with Crippen LogP contribution in [0.25, 0.3) is 0 Å². The smallest absolute Gasteiger partial charge is 0.264 e. The summed E-state index contributed by atoms with van der Waals surface area (Å²) in [5.74, 6) is 0.290. The standard InChI is InChI=1S/C14H21NO3S/c1-12(18-19(2,16)17)14-8-9-15(11-14)10-13-6-4-3-5-7-13/h3-7,12,14H,8-11H2,1-2H3. The van der Waals surface area contributed by atoms with Crippen LogP contribution in [-0.2, 0) is 20.8 Å². The highest BCUT2D eigenvalue weighted by Crippen LogP contribution is 2.24. The summed E-state index contributed by atoms with van der Waals surface area (Å²) in [6.07, 6.45) is 1.86. The fourth-order valence-corrected chi connectivity index (χ4v) is 3.29. The van der Waals surface area contributed by atoms with Crippen LogP contribution < -0.4 is 0 Å². The number of benzene rings is 1. The van der Waals surface area contributed by atoms with Crippen molar-refractivity contribution >= 4 is 10.1 Å². The van der Waals surface area contributed by atoms with Crippen LogP contribution in [0.2, 0.25) is 0 Å². The molecule has 1 aliphatic heterocycles. The molecule has 1 aliphatic rings. The van der Waals surface area contributed by atoms with E-state index in [0.717, 1.165) is 32.3 Å². The SMILES string of the molecule is CC(OS(C)(=O)=O)C1CCN(Cc2ccccc2)C1. The van der Waals surface area contributed by atoms with Gasteiger partial charge in [-0.3, -0.25) is 9.08 Å². The van der Waals surface area contributed by atoms with Gasteiger partial charge in [0.1, 0.15) is 0 Å². The Balaban J connectivity index is 1.86. The van der Waals surface area contributed by atoms with Crippen molar-refractivity contribution in [2.45, 2.75) is 26.0 Å². The summed E-state index contributed by atoms with van der Waals surface area (Å²) in [5, 5.41) is 0. The van der Waals surface area contributed by atoms with E-state index in [2.05, 4.69) is 17.0 Å². The summed E-state index contributed by atoms with van der Waals surface area (Å²) in [6.45, 7) is 4.66. The number of hydrogen-bond acceptors (Lipinski definition) is 4. The molecule has 5 heteroatoms. The second-order valence-corrected chi connectivity index (χ2v) is 6.88. The molecule has 0 radical (unpaired) electrons. The molecule has 1 heterocycles. The molecule has 0 saturated carbocycles. The average Bonchev–Trinajstić information content (AvgIpc) is 2.77. The second kappa shape index (κ2) is 6.03. The van der Waals surface area contributed by atoms with Gasteiger partial charge in [-0.25, -0.2) is 0 Å². The van der Waals surface area contributed by atoms with E-state index >= 15 is 0 Å². The van der Waals surface area contributed by atoms with Crippen LogP contribution in [-0.4, -0.2) is 38.8 Å². The lowest BCUT2D eigenvalue weighted by Crippen LogP contribution is -2.27. The van der Waals surface area contributed by atoms with E-state index < -0.39 is 10.1 Å². The molecule has 2 atom stereocenters. The lowest BCUT2D eigenvalue weighted by atomic mass is 10.0. The lowest BCUT2D eigenvalue weighted by molar-refractivity contribution is 0.159. The van der Waals surface area contributed by atoms with Gasteiger partial charge in [0.05, 0.1) is 12.4 Å². The largest absolute Gasteiger partial charge is 0.299 e. The lowest BCUT2D eigenvalue weighted by Gasteiger charge is -2.20. The molecule has 0 amide bonds. The van der Waals surface area contributed by atoms with Crippen LogP contribution in [0.1, 0.15) is 18.9 Å². The van der Waals surface area contributed by atoms with Gasteiger partial charge in [-0.2, -0.15) is 8.42 Å². The molecule has 19 heavy (non-hydrogen) atoms. The molecule has 0 aliphatic carbocycles. The van der Waals surface area contributed by atoms with Crippen molar-refractivity contribution < 1.29 is 12.6 Å². The summed E-state index contributed by atoms with van der Waals surface area (Å²) in [6, 6.07) is 10.3. The quantitative estimate of drug-likeness (QED) is 0.774. The zero-order valence-corrected chi connectivity index (χ0v) is 12.3. The van der Waals surface area contributed by atoms with Crippen molar-refractivity contribution in [3.05, 3.63) is 35.9 Å². The Bertz CT molecular complexity index is 501. The maximum Gasteiger partial charge on any atom is 0.264 e. The van der Waals surface area contributed by atoms with E-state index in [1.165, 1.54) is 5.56 Å². The molecule has 0 aromatic heterocycles. The van der Waals surface area contributed by atoms with Gasteiger partial charge in [-0.05, 0) is 25.5 Å². The maximum atomic E-state index is 11.1. The van der Waals surface area contributed by atoms with Gasteiger partial charge in [-0.1, -0.05) is 30.3 Å². The molecule has 0 N–H and O–H groups in total. The minimum atomic E-state index is -3.36. The second-order valence-electron chi connectivity index (χ2n) is 5.27.